The second kappa shape index (κ2) is 13.6. The lowest BCUT2D eigenvalue weighted by molar-refractivity contribution is -0.121. The maximum absolute atomic E-state index is 12.2. The molecule has 1 heterocycles. The molecule has 1 aromatic carbocycles. The number of likely N-dealkylation sites (tertiary alicyclic amines) is 1. The third-order valence-corrected chi connectivity index (χ3v) is 4.83. The van der Waals surface area contributed by atoms with Gasteiger partial charge in [0.1, 0.15) is 5.75 Å². The molecule has 158 valence electrons. The molecule has 1 saturated heterocycles. The fourth-order valence-electron chi connectivity index (χ4n) is 3.25. The van der Waals surface area contributed by atoms with Gasteiger partial charge in [0.15, 0.2) is 5.96 Å². The topological polar surface area (TPSA) is 79.9 Å². The summed E-state index contributed by atoms with van der Waals surface area (Å²) >= 11 is 0. The van der Waals surface area contributed by atoms with Crippen molar-refractivity contribution >= 4 is 35.8 Å². The van der Waals surface area contributed by atoms with E-state index in [0.717, 1.165) is 24.4 Å². The average Bonchev–Trinajstić information content (AvgIpc) is 2.95. The standard InChI is InChI=1S/C21H34N4O2.HI/c1-3-27-19-12-10-18(11-13-19)17(2)24-20(26)9-8-14-23-21(22)25-15-6-4-5-7-16-25;/h10-13,17H,3-9,14-16H2,1-2H3,(H2,22,23)(H,24,26);1H. The molecule has 1 fully saturated rings. The van der Waals surface area contributed by atoms with Gasteiger partial charge in [0, 0.05) is 26.1 Å². The normalized spacial score (nSPS) is 15.9. The molecule has 1 aromatic rings. The van der Waals surface area contributed by atoms with E-state index in [1.54, 1.807) is 0 Å². The first kappa shape index (κ1) is 24.5. The number of carbonyl (C=O) groups is 1. The van der Waals surface area contributed by atoms with Gasteiger partial charge in [-0.2, -0.15) is 0 Å². The van der Waals surface area contributed by atoms with Crippen LogP contribution in [0.5, 0.6) is 5.75 Å². The second-order valence-corrected chi connectivity index (χ2v) is 7.04. The number of hydrogen-bond donors (Lipinski definition) is 2. The number of nitrogens with one attached hydrogen (secondary N) is 1. The van der Waals surface area contributed by atoms with E-state index < -0.39 is 0 Å². The number of halogens is 1. The Morgan fingerprint density at radius 1 is 1.21 bits per heavy atom. The van der Waals surface area contributed by atoms with Crippen molar-refractivity contribution in [1.29, 1.82) is 0 Å². The Labute approximate surface area is 186 Å². The van der Waals surface area contributed by atoms with Gasteiger partial charge in [0.05, 0.1) is 12.6 Å². The van der Waals surface area contributed by atoms with E-state index in [0.29, 0.717) is 32.0 Å². The Bertz CT molecular complexity index is 599. The molecule has 1 atom stereocenters. The minimum Gasteiger partial charge on any atom is -0.494 e. The molecule has 1 aliphatic rings. The number of guanidine groups is 1. The molecule has 1 aliphatic heterocycles. The fourth-order valence-corrected chi connectivity index (χ4v) is 3.25. The third-order valence-electron chi connectivity index (χ3n) is 4.83. The van der Waals surface area contributed by atoms with E-state index in [4.69, 9.17) is 10.5 Å². The maximum atomic E-state index is 12.2. The van der Waals surface area contributed by atoms with Crippen LogP contribution >= 0.6 is 24.0 Å². The van der Waals surface area contributed by atoms with Crippen molar-refractivity contribution in [3.05, 3.63) is 29.8 Å². The number of benzene rings is 1. The maximum Gasteiger partial charge on any atom is 0.220 e. The van der Waals surface area contributed by atoms with Crippen molar-refractivity contribution in [3.63, 3.8) is 0 Å². The minimum atomic E-state index is -0.0288. The van der Waals surface area contributed by atoms with Crippen LogP contribution in [-0.4, -0.2) is 43.0 Å². The number of rotatable bonds is 8. The van der Waals surface area contributed by atoms with Crippen LogP contribution in [0.1, 0.15) is 64.0 Å². The van der Waals surface area contributed by atoms with Gasteiger partial charge in [0.25, 0.3) is 0 Å². The molecule has 1 amide bonds. The summed E-state index contributed by atoms with van der Waals surface area (Å²) in [5.41, 5.74) is 7.16. The summed E-state index contributed by atoms with van der Waals surface area (Å²) in [5, 5.41) is 3.04. The number of aliphatic imine (C=N–C) groups is 1. The van der Waals surface area contributed by atoms with Crippen LogP contribution in [-0.2, 0) is 4.79 Å². The highest BCUT2D eigenvalue weighted by molar-refractivity contribution is 14.0. The Hall–Kier alpha value is -1.51. The molecule has 0 bridgehead atoms. The zero-order chi connectivity index (χ0) is 19.5. The van der Waals surface area contributed by atoms with Crippen molar-refractivity contribution in [3.8, 4) is 5.75 Å². The summed E-state index contributed by atoms with van der Waals surface area (Å²) in [7, 11) is 0. The van der Waals surface area contributed by atoms with Crippen LogP contribution in [0.3, 0.4) is 0 Å². The zero-order valence-electron chi connectivity index (χ0n) is 17.2. The molecule has 0 saturated carbocycles. The number of nitrogens with zero attached hydrogens (tertiary/aromatic N) is 2. The van der Waals surface area contributed by atoms with E-state index in [9.17, 15) is 4.79 Å². The van der Waals surface area contributed by atoms with E-state index in [1.165, 1.54) is 25.7 Å². The lowest BCUT2D eigenvalue weighted by Gasteiger charge is -2.21. The Morgan fingerprint density at radius 2 is 1.86 bits per heavy atom. The molecule has 28 heavy (non-hydrogen) atoms. The highest BCUT2D eigenvalue weighted by Crippen LogP contribution is 2.17. The number of amides is 1. The lowest BCUT2D eigenvalue weighted by Crippen LogP contribution is -2.38. The van der Waals surface area contributed by atoms with Crippen molar-refractivity contribution in [1.82, 2.24) is 10.2 Å². The highest BCUT2D eigenvalue weighted by Gasteiger charge is 2.11. The van der Waals surface area contributed by atoms with Crippen LogP contribution in [0.4, 0.5) is 0 Å². The number of ether oxygens (including phenoxy) is 1. The monoisotopic (exact) mass is 502 g/mol. The quantitative estimate of drug-likeness (QED) is 0.245. The number of nitrogens with two attached hydrogens (primary N) is 1. The third kappa shape index (κ3) is 8.67. The van der Waals surface area contributed by atoms with Crippen molar-refractivity contribution < 1.29 is 9.53 Å². The number of hydrogen-bond acceptors (Lipinski definition) is 3. The van der Waals surface area contributed by atoms with E-state index in [1.807, 2.05) is 38.1 Å². The average molecular weight is 502 g/mol. The van der Waals surface area contributed by atoms with E-state index in [-0.39, 0.29) is 35.9 Å². The van der Waals surface area contributed by atoms with Gasteiger partial charge in [-0.25, -0.2) is 0 Å². The van der Waals surface area contributed by atoms with E-state index in [2.05, 4.69) is 15.2 Å². The molecule has 1 unspecified atom stereocenters. The molecule has 6 nitrogen and oxygen atoms in total. The molecule has 3 N–H and O–H groups in total. The molecule has 0 spiro atoms. The zero-order valence-corrected chi connectivity index (χ0v) is 19.5. The van der Waals surface area contributed by atoms with Crippen LogP contribution in [0.25, 0.3) is 0 Å². The summed E-state index contributed by atoms with van der Waals surface area (Å²) in [6.45, 7) is 7.18. The molecular formula is C21H35IN4O2. The summed E-state index contributed by atoms with van der Waals surface area (Å²) in [6, 6.07) is 7.81. The van der Waals surface area contributed by atoms with Gasteiger partial charge < -0.3 is 20.7 Å². The first-order valence-corrected chi connectivity index (χ1v) is 10.2. The summed E-state index contributed by atoms with van der Waals surface area (Å²) in [5.74, 6) is 1.51. The Morgan fingerprint density at radius 3 is 2.46 bits per heavy atom. The lowest BCUT2D eigenvalue weighted by atomic mass is 10.1. The number of carbonyl (C=O) groups excluding carboxylic acids is 1. The summed E-state index contributed by atoms with van der Waals surface area (Å²) in [6.07, 6.45) is 6.08. The fraction of sp³-hybridized carbons (Fsp3) is 0.619. The Balaban J connectivity index is 0.00000392. The Kier molecular flexibility index (Phi) is 11.9. The predicted molar refractivity (Wildman–Crippen MR) is 125 cm³/mol. The molecular weight excluding hydrogens is 467 g/mol. The molecule has 0 aromatic heterocycles. The molecule has 7 heteroatoms. The van der Waals surface area contributed by atoms with Gasteiger partial charge in [-0.1, -0.05) is 25.0 Å². The first-order chi connectivity index (χ1) is 13.1. The van der Waals surface area contributed by atoms with Crippen LogP contribution in [0.2, 0.25) is 0 Å². The van der Waals surface area contributed by atoms with Gasteiger partial charge >= 0.3 is 0 Å². The largest absolute Gasteiger partial charge is 0.494 e. The minimum absolute atomic E-state index is 0. The van der Waals surface area contributed by atoms with Crippen LogP contribution < -0.4 is 15.8 Å². The SMILES string of the molecule is CCOc1ccc(C(C)NC(=O)CCCN=C(N)N2CCCCCC2)cc1.I. The summed E-state index contributed by atoms with van der Waals surface area (Å²) < 4.78 is 5.44. The summed E-state index contributed by atoms with van der Waals surface area (Å²) in [4.78, 5) is 18.8. The molecule has 0 radical (unpaired) electrons. The molecule has 2 rings (SSSR count). The van der Waals surface area contributed by atoms with Crippen molar-refractivity contribution in [2.75, 3.05) is 26.2 Å². The van der Waals surface area contributed by atoms with Gasteiger partial charge in [-0.15, -0.1) is 24.0 Å². The predicted octanol–water partition coefficient (Wildman–Crippen LogP) is 3.85. The highest BCUT2D eigenvalue weighted by atomic mass is 127. The molecule has 0 aliphatic carbocycles. The van der Waals surface area contributed by atoms with Gasteiger partial charge in [-0.3, -0.25) is 9.79 Å². The van der Waals surface area contributed by atoms with Crippen LogP contribution in [0.15, 0.2) is 29.3 Å². The van der Waals surface area contributed by atoms with Crippen LogP contribution in [0, 0.1) is 0 Å². The smallest absolute Gasteiger partial charge is 0.220 e. The van der Waals surface area contributed by atoms with Crippen molar-refractivity contribution in [2.45, 2.75) is 58.4 Å². The van der Waals surface area contributed by atoms with E-state index >= 15 is 0 Å². The second-order valence-electron chi connectivity index (χ2n) is 7.04. The van der Waals surface area contributed by atoms with Crippen molar-refractivity contribution in [2.24, 2.45) is 10.7 Å². The first-order valence-electron chi connectivity index (χ1n) is 10.2. The van der Waals surface area contributed by atoms with Gasteiger partial charge in [0.2, 0.25) is 5.91 Å². The van der Waals surface area contributed by atoms with Gasteiger partial charge in [-0.05, 0) is 50.8 Å².